The van der Waals surface area contributed by atoms with E-state index in [1.165, 1.54) is 31.4 Å². The number of fused-ring (bicyclic) bond motifs is 1. The van der Waals surface area contributed by atoms with Crippen molar-refractivity contribution in [2.75, 3.05) is 26.0 Å². The van der Waals surface area contributed by atoms with Crippen LogP contribution in [-0.4, -0.2) is 26.6 Å². The van der Waals surface area contributed by atoms with Gasteiger partial charge in [-0.1, -0.05) is 6.07 Å². The standard InChI is InChI=1S/C20H19FN2O4/c1-23(12-19(24)22-15-5-3-4-14(21)9-15)11-13-8-20(25)27-18-10-16(26-2)6-7-17(13)18/h3-10H,11-12H2,1-2H3,(H,22,24)/p+1. The van der Waals surface area contributed by atoms with Gasteiger partial charge in [0, 0.05) is 28.8 Å². The van der Waals surface area contributed by atoms with Crippen LogP contribution < -0.4 is 20.6 Å². The number of likely N-dealkylation sites (N-methyl/N-ethyl adjacent to an activating group) is 1. The number of hydrogen-bond acceptors (Lipinski definition) is 4. The van der Waals surface area contributed by atoms with Crippen molar-refractivity contribution in [3.8, 4) is 5.75 Å². The number of quaternary nitrogens is 1. The van der Waals surface area contributed by atoms with Crippen LogP contribution in [0.3, 0.4) is 0 Å². The molecule has 0 radical (unpaired) electrons. The van der Waals surface area contributed by atoms with Gasteiger partial charge >= 0.3 is 5.63 Å². The Morgan fingerprint density at radius 1 is 1.22 bits per heavy atom. The van der Waals surface area contributed by atoms with Gasteiger partial charge < -0.3 is 19.4 Å². The Morgan fingerprint density at radius 2 is 2.04 bits per heavy atom. The van der Waals surface area contributed by atoms with Gasteiger partial charge in [0.2, 0.25) is 0 Å². The molecule has 0 fully saturated rings. The molecule has 1 aromatic heterocycles. The van der Waals surface area contributed by atoms with Gasteiger partial charge in [-0.15, -0.1) is 0 Å². The summed E-state index contributed by atoms with van der Waals surface area (Å²) in [5.74, 6) is -0.0589. The van der Waals surface area contributed by atoms with Crippen LogP contribution in [0, 0.1) is 5.82 Å². The lowest BCUT2D eigenvalue weighted by Gasteiger charge is -2.15. The summed E-state index contributed by atoms with van der Waals surface area (Å²) in [6.45, 7) is 0.611. The minimum atomic E-state index is -0.456. The molecule has 3 aromatic rings. The van der Waals surface area contributed by atoms with Gasteiger partial charge in [-0.05, 0) is 30.3 Å². The molecule has 0 aliphatic rings. The molecule has 0 aliphatic carbocycles. The van der Waals surface area contributed by atoms with Crippen molar-refractivity contribution in [1.82, 2.24) is 0 Å². The van der Waals surface area contributed by atoms with E-state index in [0.717, 1.165) is 15.8 Å². The monoisotopic (exact) mass is 371 g/mol. The van der Waals surface area contributed by atoms with E-state index in [4.69, 9.17) is 9.15 Å². The quantitative estimate of drug-likeness (QED) is 0.646. The normalized spacial score (nSPS) is 12.0. The maximum absolute atomic E-state index is 13.2. The summed E-state index contributed by atoms with van der Waals surface area (Å²) in [6.07, 6.45) is 0. The summed E-state index contributed by atoms with van der Waals surface area (Å²) in [6, 6.07) is 12.4. The first-order chi connectivity index (χ1) is 12.9. The predicted molar refractivity (Wildman–Crippen MR) is 99.5 cm³/mol. The van der Waals surface area contributed by atoms with Gasteiger partial charge in [-0.2, -0.15) is 0 Å². The minimum Gasteiger partial charge on any atom is -0.497 e. The fourth-order valence-corrected chi connectivity index (χ4v) is 2.92. The fourth-order valence-electron chi connectivity index (χ4n) is 2.92. The van der Waals surface area contributed by atoms with Crippen LogP contribution in [-0.2, 0) is 11.3 Å². The number of amides is 1. The molecular weight excluding hydrogens is 351 g/mol. The summed E-state index contributed by atoms with van der Waals surface area (Å²) in [4.78, 5) is 24.9. The second-order valence-corrected chi connectivity index (χ2v) is 6.32. The van der Waals surface area contributed by atoms with Crippen LogP contribution in [0.1, 0.15) is 5.56 Å². The Morgan fingerprint density at radius 3 is 2.78 bits per heavy atom. The Hall–Kier alpha value is -3.19. The molecule has 0 aliphatic heterocycles. The van der Waals surface area contributed by atoms with Gasteiger partial charge in [0.15, 0.2) is 6.54 Å². The number of rotatable bonds is 6. The number of halogens is 1. The smallest absolute Gasteiger partial charge is 0.336 e. The second kappa shape index (κ2) is 8.01. The van der Waals surface area contributed by atoms with Crippen LogP contribution in [0.2, 0.25) is 0 Å². The third kappa shape index (κ3) is 4.71. The molecule has 1 amide bonds. The third-order valence-electron chi connectivity index (χ3n) is 4.10. The summed E-state index contributed by atoms with van der Waals surface area (Å²) in [5, 5.41) is 3.46. The van der Waals surface area contributed by atoms with E-state index in [0.29, 0.717) is 23.6 Å². The average Bonchev–Trinajstić information content (AvgIpc) is 2.60. The number of carbonyl (C=O) groups excluding carboxylic acids is 1. The van der Waals surface area contributed by atoms with E-state index < -0.39 is 11.4 Å². The number of ether oxygens (including phenoxy) is 1. The maximum Gasteiger partial charge on any atom is 0.336 e. The van der Waals surface area contributed by atoms with Gasteiger partial charge in [0.05, 0.1) is 14.2 Å². The van der Waals surface area contributed by atoms with E-state index in [1.807, 2.05) is 13.1 Å². The van der Waals surface area contributed by atoms with E-state index in [9.17, 15) is 14.0 Å². The molecule has 1 heterocycles. The zero-order valence-corrected chi connectivity index (χ0v) is 15.0. The van der Waals surface area contributed by atoms with Crippen molar-refractivity contribution < 1.29 is 23.2 Å². The topological polar surface area (TPSA) is 73.0 Å². The molecule has 0 saturated carbocycles. The Labute approximate surface area is 155 Å². The molecule has 1 atom stereocenters. The molecule has 0 saturated heterocycles. The van der Waals surface area contributed by atoms with Crippen molar-refractivity contribution in [1.29, 1.82) is 0 Å². The van der Waals surface area contributed by atoms with Crippen molar-refractivity contribution in [3.63, 3.8) is 0 Å². The lowest BCUT2D eigenvalue weighted by atomic mass is 10.1. The first-order valence-electron chi connectivity index (χ1n) is 8.42. The molecule has 27 heavy (non-hydrogen) atoms. The van der Waals surface area contributed by atoms with Crippen LogP contribution >= 0.6 is 0 Å². The van der Waals surface area contributed by atoms with Crippen LogP contribution in [0.4, 0.5) is 10.1 Å². The SMILES string of the molecule is COc1ccc2c(C[NH+](C)CC(=O)Nc3cccc(F)c3)cc(=O)oc2c1. The largest absolute Gasteiger partial charge is 0.497 e. The van der Waals surface area contributed by atoms with Gasteiger partial charge in [0.25, 0.3) is 5.91 Å². The molecule has 140 valence electrons. The van der Waals surface area contributed by atoms with Crippen LogP contribution in [0.15, 0.2) is 57.7 Å². The summed E-state index contributed by atoms with van der Waals surface area (Å²) >= 11 is 0. The molecule has 2 N–H and O–H groups in total. The lowest BCUT2D eigenvalue weighted by molar-refractivity contribution is -0.885. The number of methoxy groups -OCH3 is 1. The Balaban J connectivity index is 1.72. The molecule has 2 aromatic carbocycles. The van der Waals surface area contributed by atoms with Gasteiger partial charge in [-0.3, -0.25) is 4.79 Å². The molecule has 1 unspecified atom stereocenters. The second-order valence-electron chi connectivity index (χ2n) is 6.32. The highest BCUT2D eigenvalue weighted by Crippen LogP contribution is 2.22. The number of anilines is 1. The fraction of sp³-hybridized carbons (Fsp3) is 0.200. The zero-order chi connectivity index (χ0) is 19.4. The first kappa shape index (κ1) is 18.6. The number of nitrogens with one attached hydrogen (secondary N) is 2. The van der Waals surface area contributed by atoms with Gasteiger partial charge in [-0.25, -0.2) is 9.18 Å². The van der Waals surface area contributed by atoms with E-state index >= 15 is 0 Å². The highest BCUT2D eigenvalue weighted by molar-refractivity contribution is 5.91. The first-order valence-corrected chi connectivity index (χ1v) is 8.42. The van der Waals surface area contributed by atoms with Crippen molar-refractivity contribution >= 4 is 22.6 Å². The van der Waals surface area contributed by atoms with Gasteiger partial charge in [0.1, 0.15) is 23.7 Å². The van der Waals surface area contributed by atoms with Crippen molar-refractivity contribution in [2.45, 2.75) is 6.54 Å². The maximum atomic E-state index is 13.2. The molecule has 0 bridgehead atoms. The lowest BCUT2D eigenvalue weighted by Crippen LogP contribution is -3.08. The predicted octanol–water partition coefficient (Wildman–Crippen LogP) is 1.59. The number of carbonyl (C=O) groups is 1. The summed E-state index contributed by atoms with van der Waals surface area (Å²) in [5.41, 5.74) is 1.17. The van der Waals surface area contributed by atoms with E-state index in [2.05, 4.69) is 5.32 Å². The molecular formula is C20H20FN2O4+. The zero-order valence-electron chi connectivity index (χ0n) is 15.0. The summed E-state index contributed by atoms with van der Waals surface area (Å²) in [7, 11) is 3.38. The minimum absolute atomic E-state index is 0.161. The third-order valence-corrected chi connectivity index (χ3v) is 4.10. The molecule has 7 heteroatoms. The highest BCUT2D eigenvalue weighted by Gasteiger charge is 2.15. The highest BCUT2D eigenvalue weighted by atomic mass is 19.1. The Kier molecular flexibility index (Phi) is 5.52. The van der Waals surface area contributed by atoms with Crippen LogP contribution in [0.5, 0.6) is 5.75 Å². The molecule has 3 rings (SSSR count). The van der Waals surface area contributed by atoms with Crippen molar-refractivity contribution in [3.05, 3.63) is 70.3 Å². The van der Waals surface area contributed by atoms with E-state index in [1.54, 1.807) is 18.2 Å². The number of hydrogen-bond donors (Lipinski definition) is 2. The van der Waals surface area contributed by atoms with E-state index in [-0.39, 0.29) is 12.5 Å². The van der Waals surface area contributed by atoms with Crippen molar-refractivity contribution in [2.24, 2.45) is 0 Å². The molecule has 0 spiro atoms. The Bertz CT molecular complexity index is 1030. The summed E-state index contributed by atoms with van der Waals surface area (Å²) < 4.78 is 23.6. The molecule has 6 nitrogen and oxygen atoms in total. The average molecular weight is 371 g/mol. The number of benzene rings is 2. The van der Waals surface area contributed by atoms with Crippen LogP contribution in [0.25, 0.3) is 11.0 Å².